The molecule has 2 aromatic heterocycles. The lowest BCUT2D eigenvalue weighted by atomic mass is 10.1. The molecule has 0 fully saturated rings. The second-order valence-electron chi connectivity index (χ2n) is 6.59. The Kier molecular flexibility index (Phi) is 4.53. The van der Waals surface area contributed by atoms with Crippen molar-refractivity contribution in [1.29, 1.82) is 0 Å². The van der Waals surface area contributed by atoms with Crippen LogP contribution in [0.25, 0.3) is 11.1 Å². The molecule has 0 atom stereocenters. The summed E-state index contributed by atoms with van der Waals surface area (Å²) in [5.41, 5.74) is 1.85. The van der Waals surface area contributed by atoms with Gasteiger partial charge in [-0.3, -0.25) is 9.59 Å². The molecule has 28 heavy (non-hydrogen) atoms. The molecule has 0 radical (unpaired) electrons. The molecule has 2 aromatic carbocycles. The number of hydrogen-bond donors (Lipinski definition) is 0. The summed E-state index contributed by atoms with van der Waals surface area (Å²) < 4.78 is 6.97. The number of amides is 1. The first-order valence-electron chi connectivity index (χ1n) is 8.92. The molecule has 2 heterocycles. The van der Waals surface area contributed by atoms with E-state index >= 15 is 0 Å². The largest absolute Gasteiger partial charge is 0.442 e. The molecule has 0 saturated carbocycles. The minimum absolute atomic E-state index is 0.177. The van der Waals surface area contributed by atoms with Crippen molar-refractivity contribution in [1.82, 2.24) is 9.55 Å². The number of hydrogen-bond acceptors (Lipinski definition) is 4. The number of para-hydroxylation sites is 1. The molecule has 4 aromatic rings. The van der Waals surface area contributed by atoms with Crippen LogP contribution in [-0.4, -0.2) is 15.5 Å². The van der Waals surface area contributed by atoms with Crippen molar-refractivity contribution in [3.05, 3.63) is 94.2 Å². The van der Waals surface area contributed by atoms with Gasteiger partial charge in [-0.05, 0) is 24.6 Å². The highest BCUT2D eigenvalue weighted by Crippen LogP contribution is 2.26. The van der Waals surface area contributed by atoms with E-state index in [-0.39, 0.29) is 28.1 Å². The fourth-order valence-corrected chi connectivity index (χ4v) is 3.23. The van der Waals surface area contributed by atoms with E-state index in [1.54, 1.807) is 18.9 Å². The van der Waals surface area contributed by atoms with Crippen molar-refractivity contribution < 1.29 is 9.21 Å². The van der Waals surface area contributed by atoms with Gasteiger partial charge in [-0.25, -0.2) is 4.98 Å². The zero-order valence-corrected chi connectivity index (χ0v) is 15.6. The number of carbonyl (C=O) groups excluding carboxylic acids is 1. The standard InChI is InChI=1S/C22H19N3O3/c1-15-18(19-20(28-15)23-14-24(2)21(19)26)22(27)25(17-11-7-4-8-12-17)13-16-9-5-3-6-10-16/h3-12,14H,13H2,1-2H3. The molecular formula is C22H19N3O3. The van der Waals surface area contributed by atoms with Crippen LogP contribution in [0.2, 0.25) is 0 Å². The Hall–Kier alpha value is -3.67. The van der Waals surface area contributed by atoms with Gasteiger partial charge in [-0.1, -0.05) is 48.5 Å². The van der Waals surface area contributed by atoms with E-state index in [1.807, 2.05) is 60.7 Å². The fourth-order valence-electron chi connectivity index (χ4n) is 3.23. The molecule has 0 saturated heterocycles. The quantitative estimate of drug-likeness (QED) is 0.547. The zero-order valence-electron chi connectivity index (χ0n) is 15.6. The van der Waals surface area contributed by atoms with Crippen LogP contribution >= 0.6 is 0 Å². The number of aryl methyl sites for hydroxylation is 2. The summed E-state index contributed by atoms with van der Waals surface area (Å²) in [6.07, 6.45) is 1.39. The third-order valence-electron chi connectivity index (χ3n) is 4.66. The number of anilines is 1. The maximum Gasteiger partial charge on any atom is 0.265 e. The number of furan rings is 1. The zero-order chi connectivity index (χ0) is 19.7. The lowest BCUT2D eigenvalue weighted by molar-refractivity contribution is 0.0985. The average Bonchev–Trinajstić information content (AvgIpc) is 3.06. The predicted octanol–water partition coefficient (Wildman–Crippen LogP) is 3.68. The number of carbonyl (C=O) groups is 1. The second-order valence-corrected chi connectivity index (χ2v) is 6.59. The second kappa shape index (κ2) is 7.15. The number of benzene rings is 2. The average molecular weight is 373 g/mol. The monoisotopic (exact) mass is 373 g/mol. The summed E-state index contributed by atoms with van der Waals surface area (Å²) in [4.78, 5) is 32.1. The summed E-state index contributed by atoms with van der Waals surface area (Å²) in [7, 11) is 1.60. The van der Waals surface area contributed by atoms with Crippen LogP contribution in [0.4, 0.5) is 5.69 Å². The van der Waals surface area contributed by atoms with E-state index in [2.05, 4.69) is 4.98 Å². The van der Waals surface area contributed by atoms with Crippen molar-refractivity contribution in [2.75, 3.05) is 4.90 Å². The summed E-state index contributed by atoms with van der Waals surface area (Å²) in [6.45, 7) is 2.05. The molecule has 0 aliphatic heterocycles. The molecule has 140 valence electrons. The number of aromatic nitrogens is 2. The minimum atomic E-state index is -0.307. The maximum atomic E-state index is 13.6. The van der Waals surface area contributed by atoms with Gasteiger partial charge in [0.2, 0.25) is 5.71 Å². The smallest absolute Gasteiger partial charge is 0.265 e. The lowest BCUT2D eigenvalue weighted by Gasteiger charge is -2.23. The van der Waals surface area contributed by atoms with Crippen molar-refractivity contribution in [2.24, 2.45) is 7.05 Å². The Labute approximate surface area is 161 Å². The molecule has 6 heteroatoms. The van der Waals surface area contributed by atoms with Crippen LogP contribution in [0.5, 0.6) is 0 Å². The van der Waals surface area contributed by atoms with Crippen LogP contribution in [0.3, 0.4) is 0 Å². The highest BCUT2D eigenvalue weighted by atomic mass is 16.3. The molecule has 0 unspecified atom stereocenters. The van der Waals surface area contributed by atoms with Gasteiger partial charge in [-0.15, -0.1) is 0 Å². The Balaban J connectivity index is 1.87. The van der Waals surface area contributed by atoms with Gasteiger partial charge in [0, 0.05) is 12.7 Å². The van der Waals surface area contributed by atoms with Crippen LogP contribution in [0.15, 0.2) is 76.2 Å². The molecular weight excluding hydrogens is 354 g/mol. The molecule has 0 aliphatic carbocycles. The van der Waals surface area contributed by atoms with E-state index in [9.17, 15) is 9.59 Å². The van der Waals surface area contributed by atoms with Crippen molar-refractivity contribution in [3.63, 3.8) is 0 Å². The third-order valence-corrected chi connectivity index (χ3v) is 4.66. The van der Waals surface area contributed by atoms with E-state index < -0.39 is 0 Å². The van der Waals surface area contributed by atoms with Gasteiger partial charge in [0.25, 0.3) is 11.5 Å². The number of nitrogens with zero attached hydrogens (tertiary/aromatic N) is 3. The first-order chi connectivity index (χ1) is 13.6. The molecule has 0 bridgehead atoms. The Morgan fingerprint density at radius 3 is 2.39 bits per heavy atom. The molecule has 0 aliphatic rings. The molecule has 6 nitrogen and oxygen atoms in total. The summed E-state index contributed by atoms with van der Waals surface area (Å²) in [5.74, 6) is 0.0844. The van der Waals surface area contributed by atoms with Crippen molar-refractivity contribution >= 4 is 22.7 Å². The van der Waals surface area contributed by atoms with E-state index in [0.717, 1.165) is 11.3 Å². The highest BCUT2D eigenvalue weighted by molar-refractivity contribution is 6.13. The summed E-state index contributed by atoms with van der Waals surface area (Å²) in [6, 6.07) is 19.1. The molecule has 0 spiro atoms. The van der Waals surface area contributed by atoms with Crippen molar-refractivity contribution in [3.8, 4) is 0 Å². The SMILES string of the molecule is Cc1oc2ncn(C)c(=O)c2c1C(=O)N(Cc1ccccc1)c1ccccc1. The lowest BCUT2D eigenvalue weighted by Crippen LogP contribution is -2.31. The van der Waals surface area contributed by atoms with Gasteiger partial charge in [-0.2, -0.15) is 0 Å². The third kappa shape index (κ3) is 3.09. The highest BCUT2D eigenvalue weighted by Gasteiger charge is 2.27. The van der Waals surface area contributed by atoms with Gasteiger partial charge in [0.05, 0.1) is 12.1 Å². The van der Waals surface area contributed by atoms with Crippen LogP contribution in [-0.2, 0) is 13.6 Å². The van der Waals surface area contributed by atoms with Gasteiger partial charge in [0.15, 0.2) is 0 Å². The molecule has 0 N–H and O–H groups in total. The summed E-state index contributed by atoms with van der Waals surface area (Å²) in [5, 5.41) is 0.210. The van der Waals surface area contributed by atoms with Gasteiger partial charge in [0.1, 0.15) is 17.5 Å². The normalized spacial score (nSPS) is 10.9. The Morgan fingerprint density at radius 2 is 1.71 bits per heavy atom. The van der Waals surface area contributed by atoms with E-state index in [4.69, 9.17) is 4.42 Å². The maximum absolute atomic E-state index is 13.6. The first kappa shape index (κ1) is 17.7. The molecule has 1 amide bonds. The predicted molar refractivity (Wildman–Crippen MR) is 107 cm³/mol. The van der Waals surface area contributed by atoms with Crippen LogP contribution < -0.4 is 10.5 Å². The van der Waals surface area contributed by atoms with Gasteiger partial charge < -0.3 is 13.9 Å². The number of fused-ring (bicyclic) bond motifs is 1. The van der Waals surface area contributed by atoms with Crippen LogP contribution in [0, 0.1) is 6.92 Å². The van der Waals surface area contributed by atoms with E-state index in [1.165, 1.54) is 10.9 Å². The summed E-state index contributed by atoms with van der Waals surface area (Å²) >= 11 is 0. The van der Waals surface area contributed by atoms with Crippen molar-refractivity contribution in [2.45, 2.75) is 13.5 Å². The number of rotatable bonds is 4. The first-order valence-corrected chi connectivity index (χ1v) is 8.92. The van der Waals surface area contributed by atoms with Gasteiger partial charge >= 0.3 is 0 Å². The van der Waals surface area contributed by atoms with E-state index in [0.29, 0.717) is 12.3 Å². The Bertz CT molecular complexity index is 1190. The topological polar surface area (TPSA) is 68.3 Å². The molecule has 4 rings (SSSR count). The fraction of sp³-hybridized carbons (Fsp3) is 0.136. The minimum Gasteiger partial charge on any atom is -0.442 e. The van der Waals surface area contributed by atoms with Crippen LogP contribution in [0.1, 0.15) is 21.7 Å². The Morgan fingerprint density at radius 1 is 1.07 bits per heavy atom.